The molecule has 0 spiro atoms. The Morgan fingerprint density at radius 3 is 2.82 bits per heavy atom. The van der Waals surface area contributed by atoms with E-state index in [1.165, 1.54) is 11.3 Å². The number of piperazine rings is 1. The standard InChI is InChI=1S/C11H18ClN3OS/c1-3-14-4-5-15(6-8(14)2)11-13-10(12)9(7-16)17-11/h8,16H,3-7H2,1-2H3. The van der Waals surface area contributed by atoms with Crippen molar-refractivity contribution in [3.8, 4) is 0 Å². The summed E-state index contributed by atoms with van der Waals surface area (Å²) in [7, 11) is 0. The van der Waals surface area contributed by atoms with Crippen LogP contribution in [0, 0.1) is 0 Å². The summed E-state index contributed by atoms with van der Waals surface area (Å²) in [5.41, 5.74) is 0. The lowest BCUT2D eigenvalue weighted by atomic mass is 10.2. The molecule has 1 aromatic heterocycles. The third-order valence-corrected chi connectivity index (χ3v) is 4.75. The Bertz CT molecular complexity index is 385. The Hall–Kier alpha value is -0.360. The Kier molecular flexibility index (Phi) is 4.25. The van der Waals surface area contributed by atoms with Crippen LogP contribution in [-0.2, 0) is 6.61 Å². The average molecular weight is 276 g/mol. The topological polar surface area (TPSA) is 39.6 Å². The molecule has 4 nitrogen and oxygen atoms in total. The van der Waals surface area contributed by atoms with Crippen LogP contribution >= 0.6 is 22.9 Å². The van der Waals surface area contributed by atoms with Crippen LogP contribution in [0.25, 0.3) is 0 Å². The first kappa shape index (κ1) is 13.1. The monoisotopic (exact) mass is 275 g/mol. The zero-order chi connectivity index (χ0) is 12.4. The van der Waals surface area contributed by atoms with Crippen LogP contribution in [0.3, 0.4) is 0 Å². The molecule has 0 aromatic carbocycles. The largest absolute Gasteiger partial charge is 0.391 e. The second kappa shape index (κ2) is 5.52. The van der Waals surface area contributed by atoms with E-state index in [2.05, 4.69) is 28.6 Å². The van der Waals surface area contributed by atoms with E-state index in [4.69, 9.17) is 16.7 Å². The van der Waals surface area contributed by atoms with E-state index in [1.54, 1.807) is 0 Å². The maximum atomic E-state index is 9.12. The summed E-state index contributed by atoms with van der Waals surface area (Å²) in [6.07, 6.45) is 0. The van der Waals surface area contributed by atoms with Gasteiger partial charge in [0.2, 0.25) is 0 Å². The van der Waals surface area contributed by atoms with Gasteiger partial charge in [-0.1, -0.05) is 29.9 Å². The molecule has 1 unspecified atom stereocenters. The van der Waals surface area contributed by atoms with E-state index < -0.39 is 0 Å². The van der Waals surface area contributed by atoms with Crippen molar-refractivity contribution in [3.05, 3.63) is 10.0 Å². The van der Waals surface area contributed by atoms with Crippen LogP contribution < -0.4 is 4.90 Å². The summed E-state index contributed by atoms with van der Waals surface area (Å²) in [4.78, 5) is 9.79. The second-order valence-electron chi connectivity index (χ2n) is 4.29. The van der Waals surface area contributed by atoms with Gasteiger partial charge in [0.25, 0.3) is 0 Å². The number of rotatable bonds is 3. The summed E-state index contributed by atoms with van der Waals surface area (Å²) in [5.74, 6) is 0. The van der Waals surface area contributed by atoms with Crippen molar-refractivity contribution in [2.45, 2.75) is 26.5 Å². The van der Waals surface area contributed by atoms with Gasteiger partial charge < -0.3 is 10.0 Å². The lowest BCUT2D eigenvalue weighted by molar-refractivity contribution is 0.199. The molecular weight excluding hydrogens is 258 g/mol. The highest BCUT2D eigenvalue weighted by Crippen LogP contribution is 2.30. The molecular formula is C11H18ClN3OS. The number of hydrogen-bond acceptors (Lipinski definition) is 5. The van der Waals surface area contributed by atoms with Gasteiger partial charge in [0.05, 0.1) is 11.5 Å². The van der Waals surface area contributed by atoms with Crippen LogP contribution in [0.15, 0.2) is 0 Å². The van der Waals surface area contributed by atoms with E-state index in [0.717, 1.165) is 36.2 Å². The molecule has 1 aromatic rings. The Labute approximate surface area is 111 Å². The fourth-order valence-electron chi connectivity index (χ4n) is 2.19. The molecule has 6 heteroatoms. The van der Waals surface area contributed by atoms with Crippen molar-refractivity contribution in [1.82, 2.24) is 9.88 Å². The highest BCUT2D eigenvalue weighted by Gasteiger charge is 2.24. The number of halogens is 1. The second-order valence-corrected chi connectivity index (χ2v) is 5.71. The van der Waals surface area contributed by atoms with Gasteiger partial charge in [0.15, 0.2) is 5.13 Å². The minimum atomic E-state index is -0.0268. The van der Waals surface area contributed by atoms with Crippen molar-refractivity contribution in [3.63, 3.8) is 0 Å². The minimum Gasteiger partial charge on any atom is -0.391 e. The molecule has 2 rings (SSSR count). The predicted octanol–water partition coefficient (Wildman–Crippen LogP) is 1.82. The number of nitrogens with zero attached hydrogens (tertiary/aromatic N) is 3. The van der Waals surface area contributed by atoms with Gasteiger partial charge in [-0.3, -0.25) is 4.90 Å². The quantitative estimate of drug-likeness (QED) is 0.913. The SMILES string of the molecule is CCN1CCN(c2nc(Cl)c(CO)s2)CC1C. The number of aromatic nitrogens is 1. The number of aliphatic hydroxyl groups is 1. The maximum absolute atomic E-state index is 9.12. The molecule has 1 N–H and O–H groups in total. The zero-order valence-electron chi connectivity index (χ0n) is 10.2. The Morgan fingerprint density at radius 1 is 1.53 bits per heavy atom. The molecule has 2 heterocycles. The highest BCUT2D eigenvalue weighted by atomic mass is 35.5. The van der Waals surface area contributed by atoms with Crippen LogP contribution in [-0.4, -0.2) is 47.2 Å². The number of aliphatic hydroxyl groups excluding tert-OH is 1. The molecule has 0 bridgehead atoms. The van der Waals surface area contributed by atoms with Crippen molar-refractivity contribution in [2.75, 3.05) is 31.1 Å². The molecule has 0 aliphatic carbocycles. The van der Waals surface area contributed by atoms with Crippen molar-refractivity contribution in [1.29, 1.82) is 0 Å². The van der Waals surface area contributed by atoms with Crippen LogP contribution in [0.1, 0.15) is 18.7 Å². The molecule has 1 fully saturated rings. The van der Waals surface area contributed by atoms with Crippen molar-refractivity contribution < 1.29 is 5.11 Å². The molecule has 1 aliphatic heterocycles. The molecule has 0 saturated carbocycles. The van der Waals surface area contributed by atoms with Gasteiger partial charge in [-0.05, 0) is 13.5 Å². The summed E-state index contributed by atoms with van der Waals surface area (Å²) in [6.45, 7) is 8.50. The third-order valence-electron chi connectivity index (χ3n) is 3.22. The van der Waals surface area contributed by atoms with Gasteiger partial charge in [-0.2, -0.15) is 0 Å². The van der Waals surface area contributed by atoms with E-state index >= 15 is 0 Å². The molecule has 0 amide bonds. The third kappa shape index (κ3) is 2.73. The van der Waals surface area contributed by atoms with Crippen molar-refractivity contribution >= 4 is 28.1 Å². The first-order valence-electron chi connectivity index (χ1n) is 5.90. The van der Waals surface area contributed by atoms with Gasteiger partial charge >= 0.3 is 0 Å². The number of anilines is 1. The summed E-state index contributed by atoms with van der Waals surface area (Å²) in [6, 6.07) is 0.536. The van der Waals surface area contributed by atoms with Crippen molar-refractivity contribution in [2.24, 2.45) is 0 Å². The van der Waals surface area contributed by atoms with Gasteiger partial charge in [-0.15, -0.1) is 0 Å². The first-order chi connectivity index (χ1) is 8.15. The van der Waals surface area contributed by atoms with Crippen LogP contribution in [0.5, 0.6) is 0 Å². The summed E-state index contributed by atoms with van der Waals surface area (Å²) < 4.78 is 0. The summed E-state index contributed by atoms with van der Waals surface area (Å²) in [5, 5.41) is 10.5. The minimum absolute atomic E-state index is 0.0268. The number of hydrogen-bond donors (Lipinski definition) is 1. The van der Waals surface area contributed by atoms with Gasteiger partial charge in [0, 0.05) is 25.7 Å². The predicted molar refractivity (Wildman–Crippen MR) is 72.0 cm³/mol. The van der Waals surface area contributed by atoms with E-state index in [9.17, 15) is 0 Å². The number of thiazole rings is 1. The van der Waals surface area contributed by atoms with E-state index in [1.807, 2.05) is 0 Å². The normalized spacial score (nSPS) is 22.1. The lowest BCUT2D eigenvalue weighted by Gasteiger charge is -2.39. The van der Waals surface area contributed by atoms with Crippen LogP contribution in [0.4, 0.5) is 5.13 Å². The first-order valence-corrected chi connectivity index (χ1v) is 7.10. The molecule has 1 aliphatic rings. The fourth-order valence-corrected chi connectivity index (χ4v) is 3.35. The number of likely N-dealkylation sites (N-methyl/N-ethyl adjacent to an activating group) is 1. The van der Waals surface area contributed by atoms with E-state index in [0.29, 0.717) is 11.2 Å². The fraction of sp³-hybridized carbons (Fsp3) is 0.727. The molecule has 96 valence electrons. The van der Waals surface area contributed by atoms with Gasteiger partial charge in [-0.25, -0.2) is 4.98 Å². The molecule has 1 saturated heterocycles. The Balaban J connectivity index is 2.08. The molecule has 17 heavy (non-hydrogen) atoms. The average Bonchev–Trinajstić information content (AvgIpc) is 2.70. The lowest BCUT2D eigenvalue weighted by Crippen LogP contribution is -2.51. The Morgan fingerprint density at radius 2 is 2.29 bits per heavy atom. The van der Waals surface area contributed by atoms with Crippen LogP contribution in [0.2, 0.25) is 5.15 Å². The molecule has 0 radical (unpaired) electrons. The maximum Gasteiger partial charge on any atom is 0.187 e. The zero-order valence-corrected chi connectivity index (χ0v) is 11.8. The van der Waals surface area contributed by atoms with E-state index in [-0.39, 0.29) is 6.61 Å². The molecule has 1 atom stereocenters. The summed E-state index contributed by atoms with van der Waals surface area (Å²) >= 11 is 7.45. The highest BCUT2D eigenvalue weighted by molar-refractivity contribution is 7.16. The van der Waals surface area contributed by atoms with Gasteiger partial charge in [0.1, 0.15) is 5.15 Å². The smallest absolute Gasteiger partial charge is 0.187 e.